The van der Waals surface area contributed by atoms with Gasteiger partial charge in [0, 0.05) is 5.02 Å². The molecule has 3 aromatic carbocycles. The fourth-order valence-corrected chi connectivity index (χ4v) is 3.99. The molecule has 0 saturated carbocycles. The van der Waals surface area contributed by atoms with Crippen LogP contribution >= 0.6 is 11.6 Å². The van der Waals surface area contributed by atoms with E-state index in [1.807, 2.05) is 0 Å². The molecule has 3 rings (SSSR count). The lowest BCUT2D eigenvalue weighted by molar-refractivity contribution is -0.119. The second-order valence-corrected chi connectivity index (χ2v) is 9.96. The number of amides is 1. The largest absolute Gasteiger partial charge is 0.494 e. The van der Waals surface area contributed by atoms with Crippen LogP contribution in [0, 0.1) is 0 Å². The van der Waals surface area contributed by atoms with E-state index in [0.717, 1.165) is 12.8 Å². The van der Waals surface area contributed by atoms with Crippen molar-refractivity contribution in [2.45, 2.75) is 24.7 Å². The van der Waals surface area contributed by atoms with Crippen molar-refractivity contribution < 1.29 is 27.5 Å². The SMILES string of the molecule is CCCCOc1ccc(C(=O)Oc2ccc(/C=N\NC(=O)CNS(=O)(=O)c3ccc(Cl)cc3)cc2)cc1. The molecule has 37 heavy (non-hydrogen) atoms. The van der Waals surface area contributed by atoms with Gasteiger partial charge in [-0.05, 0) is 84.8 Å². The fourth-order valence-electron chi connectivity index (χ4n) is 2.89. The minimum absolute atomic E-state index is 0.0116. The Bertz CT molecular complexity index is 1330. The lowest BCUT2D eigenvalue weighted by Gasteiger charge is -2.07. The molecule has 0 atom stereocenters. The number of hydrazone groups is 1. The van der Waals surface area contributed by atoms with E-state index in [0.29, 0.717) is 34.3 Å². The number of hydrogen-bond donors (Lipinski definition) is 2. The van der Waals surface area contributed by atoms with Crippen LogP contribution in [0.15, 0.2) is 82.8 Å². The molecule has 0 unspecified atom stereocenters. The molecule has 0 spiro atoms. The van der Waals surface area contributed by atoms with Gasteiger partial charge in [0.2, 0.25) is 10.0 Å². The molecular weight excluding hydrogens is 518 g/mol. The van der Waals surface area contributed by atoms with Crippen molar-refractivity contribution in [2.75, 3.05) is 13.2 Å². The molecule has 2 N–H and O–H groups in total. The molecule has 0 saturated heterocycles. The Balaban J connectivity index is 1.45. The summed E-state index contributed by atoms with van der Waals surface area (Å²) < 4.78 is 37.5. The quantitative estimate of drug-likeness (QED) is 0.116. The smallest absolute Gasteiger partial charge is 0.343 e. The third-order valence-corrected chi connectivity index (χ3v) is 6.57. The van der Waals surface area contributed by atoms with Gasteiger partial charge in [-0.25, -0.2) is 23.4 Å². The normalized spacial score (nSPS) is 11.3. The zero-order valence-corrected chi connectivity index (χ0v) is 21.6. The molecule has 0 fully saturated rings. The monoisotopic (exact) mass is 543 g/mol. The van der Waals surface area contributed by atoms with Gasteiger partial charge in [-0.3, -0.25) is 4.79 Å². The van der Waals surface area contributed by atoms with E-state index in [1.165, 1.54) is 30.5 Å². The molecule has 11 heteroatoms. The number of carbonyl (C=O) groups excluding carboxylic acids is 2. The zero-order valence-electron chi connectivity index (χ0n) is 20.0. The number of unbranched alkanes of at least 4 members (excludes halogenated alkanes) is 1. The van der Waals surface area contributed by atoms with E-state index in [4.69, 9.17) is 21.1 Å². The van der Waals surface area contributed by atoms with Crippen LogP contribution in [-0.4, -0.2) is 39.7 Å². The standard InChI is InChI=1S/C26H26ClN3O6S/c1-2-3-16-35-22-12-6-20(7-13-22)26(32)36-23-10-4-19(5-11-23)17-28-30-25(31)18-29-37(33,34)24-14-8-21(27)9-15-24/h4-15,17,29H,2-3,16,18H2,1H3,(H,30,31)/b28-17-. The number of carbonyl (C=O) groups is 2. The highest BCUT2D eigenvalue weighted by molar-refractivity contribution is 7.89. The first-order chi connectivity index (χ1) is 17.8. The minimum Gasteiger partial charge on any atom is -0.494 e. The third kappa shape index (κ3) is 9.02. The molecule has 0 radical (unpaired) electrons. The maximum Gasteiger partial charge on any atom is 0.343 e. The van der Waals surface area contributed by atoms with Crippen molar-refractivity contribution in [2.24, 2.45) is 5.10 Å². The van der Waals surface area contributed by atoms with Gasteiger partial charge in [-0.2, -0.15) is 5.10 Å². The van der Waals surface area contributed by atoms with Gasteiger partial charge in [0.1, 0.15) is 11.5 Å². The van der Waals surface area contributed by atoms with Crippen LogP contribution in [-0.2, 0) is 14.8 Å². The predicted octanol–water partition coefficient (Wildman–Crippen LogP) is 4.17. The lowest BCUT2D eigenvalue weighted by atomic mass is 10.2. The van der Waals surface area contributed by atoms with E-state index in [1.54, 1.807) is 48.5 Å². The zero-order chi connectivity index (χ0) is 26.7. The number of benzene rings is 3. The van der Waals surface area contributed by atoms with Crippen molar-refractivity contribution in [1.29, 1.82) is 0 Å². The van der Waals surface area contributed by atoms with Gasteiger partial charge in [0.05, 0.1) is 29.8 Å². The van der Waals surface area contributed by atoms with Gasteiger partial charge in [0.25, 0.3) is 5.91 Å². The highest BCUT2D eigenvalue weighted by Crippen LogP contribution is 2.17. The number of sulfonamides is 1. The van der Waals surface area contributed by atoms with Gasteiger partial charge < -0.3 is 9.47 Å². The van der Waals surface area contributed by atoms with Gasteiger partial charge in [-0.15, -0.1) is 0 Å². The number of rotatable bonds is 12. The first-order valence-corrected chi connectivity index (χ1v) is 13.2. The molecule has 0 aromatic heterocycles. The summed E-state index contributed by atoms with van der Waals surface area (Å²) in [6, 6.07) is 18.7. The van der Waals surface area contributed by atoms with Crippen molar-refractivity contribution >= 4 is 39.7 Å². The van der Waals surface area contributed by atoms with Crippen molar-refractivity contribution in [3.8, 4) is 11.5 Å². The maximum absolute atomic E-state index is 12.4. The van der Waals surface area contributed by atoms with Crippen LogP contribution in [0.25, 0.3) is 0 Å². The second-order valence-electron chi connectivity index (χ2n) is 7.76. The summed E-state index contributed by atoms with van der Waals surface area (Å²) in [5, 5.41) is 4.20. The maximum atomic E-state index is 12.4. The number of halogens is 1. The summed E-state index contributed by atoms with van der Waals surface area (Å²) in [7, 11) is -3.86. The van der Waals surface area contributed by atoms with E-state index in [2.05, 4.69) is 22.2 Å². The number of nitrogens with one attached hydrogen (secondary N) is 2. The summed E-state index contributed by atoms with van der Waals surface area (Å²) in [6.45, 7) is 2.21. The van der Waals surface area contributed by atoms with E-state index in [9.17, 15) is 18.0 Å². The van der Waals surface area contributed by atoms with Crippen LogP contribution in [0.2, 0.25) is 5.02 Å². The lowest BCUT2D eigenvalue weighted by Crippen LogP contribution is -2.34. The Hall–Kier alpha value is -3.73. The molecule has 0 aliphatic carbocycles. The fraction of sp³-hybridized carbons (Fsp3) is 0.192. The number of hydrogen-bond acceptors (Lipinski definition) is 7. The summed E-state index contributed by atoms with van der Waals surface area (Å²) >= 11 is 5.75. The van der Waals surface area contributed by atoms with Crippen LogP contribution < -0.4 is 19.6 Å². The average Bonchev–Trinajstić information content (AvgIpc) is 2.89. The molecule has 9 nitrogen and oxygen atoms in total. The molecule has 0 aliphatic heterocycles. The highest BCUT2D eigenvalue weighted by Gasteiger charge is 2.15. The Morgan fingerprint density at radius 1 is 0.946 bits per heavy atom. The summed E-state index contributed by atoms with van der Waals surface area (Å²) in [5.41, 5.74) is 3.25. The summed E-state index contributed by atoms with van der Waals surface area (Å²) in [6.07, 6.45) is 3.37. The molecule has 0 heterocycles. The average molecular weight is 544 g/mol. The first-order valence-electron chi connectivity index (χ1n) is 11.4. The van der Waals surface area contributed by atoms with E-state index >= 15 is 0 Å². The minimum atomic E-state index is -3.86. The molecule has 1 amide bonds. The summed E-state index contributed by atoms with van der Waals surface area (Å²) in [5.74, 6) is -0.123. The Labute approximate surface area is 220 Å². The topological polar surface area (TPSA) is 123 Å². The molecule has 194 valence electrons. The van der Waals surface area contributed by atoms with Gasteiger partial charge in [0.15, 0.2) is 0 Å². The number of esters is 1. The number of ether oxygens (including phenoxy) is 2. The van der Waals surface area contributed by atoms with Crippen molar-refractivity contribution in [3.05, 3.63) is 88.9 Å². The van der Waals surface area contributed by atoms with Crippen LogP contribution in [0.4, 0.5) is 0 Å². The Morgan fingerprint density at radius 3 is 2.24 bits per heavy atom. The van der Waals surface area contributed by atoms with E-state index in [-0.39, 0.29) is 4.90 Å². The highest BCUT2D eigenvalue weighted by atomic mass is 35.5. The van der Waals surface area contributed by atoms with E-state index < -0.39 is 28.4 Å². The molecule has 3 aromatic rings. The van der Waals surface area contributed by atoms with Gasteiger partial charge >= 0.3 is 5.97 Å². The van der Waals surface area contributed by atoms with Crippen LogP contribution in [0.1, 0.15) is 35.7 Å². The summed E-state index contributed by atoms with van der Waals surface area (Å²) in [4.78, 5) is 24.3. The first kappa shape index (κ1) is 27.9. The van der Waals surface area contributed by atoms with Crippen molar-refractivity contribution in [3.63, 3.8) is 0 Å². The Morgan fingerprint density at radius 2 is 1.59 bits per heavy atom. The molecule has 0 aliphatic rings. The predicted molar refractivity (Wildman–Crippen MR) is 141 cm³/mol. The third-order valence-electron chi connectivity index (χ3n) is 4.90. The van der Waals surface area contributed by atoms with Crippen LogP contribution in [0.5, 0.6) is 11.5 Å². The van der Waals surface area contributed by atoms with Crippen molar-refractivity contribution in [1.82, 2.24) is 10.1 Å². The molecular formula is C26H26ClN3O6S. The van der Waals surface area contributed by atoms with Gasteiger partial charge in [-0.1, -0.05) is 24.9 Å². The second kappa shape index (κ2) is 13.5. The number of nitrogens with zero attached hydrogens (tertiary/aromatic N) is 1. The van der Waals surface area contributed by atoms with Crippen LogP contribution in [0.3, 0.4) is 0 Å². The Kier molecular flexibility index (Phi) is 10.2. The molecule has 0 bridgehead atoms.